The predicted molar refractivity (Wildman–Crippen MR) is 89.8 cm³/mol. The van der Waals surface area contributed by atoms with Gasteiger partial charge in [-0.2, -0.15) is 0 Å². The molecule has 0 saturated heterocycles. The van der Waals surface area contributed by atoms with Gasteiger partial charge in [0.25, 0.3) is 0 Å². The average Bonchev–Trinajstić information content (AvgIpc) is 2.81. The fourth-order valence-corrected chi connectivity index (χ4v) is 3.26. The largest absolute Gasteiger partial charge is 0.487 e. The van der Waals surface area contributed by atoms with E-state index in [1.807, 2.05) is 24.3 Å². The Hall–Kier alpha value is -0.550. The highest BCUT2D eigenvalue weighted by Gasteiger charge is 2.09. The summed E-state index contributed by atoms with van der Waals surface area (Å²) in [5.74, 6) is 0.894. The lowest BCUT2D eigenvalue weighted by atomic mass is 10.2. The lowest BCUT2D eigenvalue weighted by Gasteiger charge is -2.14. The lowest BCUT2D eigenvalue weighted by molar-refractivity contribution is 0.303. The topological polar surface area (TPSA) is 21.3 Å². The van der Waals surface area contributed by atoms with Gasteiger partial charge in [-0.3, -0.25) is 0 Å². The molecule has 1 heterocycles. The maximum Gasteiger partial charge on any atom is 0.138 e. The molecule has 1 aromatic carbocycles. The monoisotopic (exact) mass is 373 g/mol. The molecule has 1 N–H and O–H groups in total. The van der Waals surface area contributed by atoms with Crippen molar-refractivity contribution in [3.8, 4) is 5.75 Å². The van der Waals surface area contributed by atoms with Gasteiger partial charge in [0.2, 0.25) is 0 Å². The summed E-state index contributed by atoms with van der Waals surface area (Å²) in [5, 5.41) is 3.41. The van der Waals surface area contributed by atoms with Crippen LogP contribution in [0.1, 0.15) is 24.3 Å². The van der Waals surface area contributed by atoms with Gasteiger partial charge in [0.1, 0.15) is 12.4 Å². The fourth-order valence-electron chi connectivity index (χ4n) is 1.74. The molecule has 0 fully saturated rings. The molecule has 0 bridgehead atoms. The zero-order chi connectivity index (χ0) is 14.5. The Bertz CT molecular complexity index is 571. The molecule has 0 atom stereocenters. The third-order valence-electron chi connectivity index (χ3n) is 2.74. The minimum absolute atomic E-state index is 0.443. The maximum absolute atomic E-state index is 5.96. The van der Waals surface area contributed by atoms with E-state index < -0.39 is 0 Å². The van der Waals surface area contributed by atoms with Gasteiger partial charge in [0.15, 0.2) is 0 Å². The smallest absolute Gasteiger partial charge is 0.138 e. The SMILES string of the molecule is CC(C)NCc1cccc(Br)c1OCc1ccc(Cl)s1. The van der Waals surface area contributed by atoms with E-state index in [1.54, 1.807) is 11.3 Å². The van der Waals surface area contributed by atoms with Gasteiger partial charge in [0, 0.05) is 23.0 Å². The third kappa shape index (κ3) is 4.48. The van der Waals surface area contributed by atoms with Crippen LogP contribution < -0.4 is 10.1 Å². The van der Waals surface area contributed by atoms with Crippen molar-refractivity contribution in [1.82, 2.24) is 5.32 Å². The first-order valence-corrected chi connectivity index (χ1v) is 8.43. The molecule has 0 radical (unpaired) electrons. The summed E-state index contributed by atoms with van der Waals surface area (Å²) in [6.07, 6.45) is 0. The highest BCUT2D eigenvalue weighted by atomic mass is 79.9. The van der Waals surface area contributed by atoms with Gasteiger partial charge in [-0.05, 0) is 34.1 Å². The summed E-state index contributed by atoms with van der Waals surface area (Å²) >= 11 is 11.0. The third-order valence-corrected chi connectivity index (χ3v) is 4.57. The van der Waals surface area contributed by atoms with E-state index in [4.69, 9.17) is 16.3 Å². The number of hydrogen-bond donors (Lipinski definition) is 1. The predicted octanol–water partition coefficient (Wildman–Crippen LogP) is 5.24. The first-order chi connectivity index (χ1) is 9.56. The molecule has 0 spiro atoms. The molecular weight excluding hydrogens is 358 g/mol. The Morgan fingerprint density at radius 2 is 2.10 bits per heavy atom. The first kappa shape index (κ1) is 15.8. The van der Waals surface area contributed by atoms with Crippen LogP contribution in [0, 0.1) is 0 Å². The quantitative estimate of drug-likeness (QED) is 0.746. The Morgan fingerprint density at radius 1 is 1.30 bits per heavy atom. The lowest BCUT2D eigenvalue weighted by Crippen LogP contribution is -2.22. The van der Waals surface area contributed by atoms with Crippen molar-refractivity contribution in [3.05, 3.63) is 49.6 Å². The summed E-state index contributed by atoms with van der Waals surface area (Å²) in [5.41, 5.74) is 1.15. The number of para-hydroxylation sites is 1. The van der Waals surface area contributed by atoms with E-state index in [2.05, 4.69) is 41.2 Å². The molecular formula is C15H17BrClNOS. The van der Waals surface area contributed by atoms with Gasteiger partial charge >= 0.3 is 0 Å². The van der Waals surface area contributed by atoms with E-state index in [0.717, 1.165) is 31.5 Å². The molecule has 0 saturated carbocycles. The molecule has 1 aromatic heterocycles. The van der Waals surface area contributed by atoms with Crippen LogP contribution in [0.5, 0.6) is 5.75 Å². The Balaban J connectivity index is 2.08. The normalized spacial score (nSPS) is 11.1. The van der Waals surface area contributed by atoms with Crippen LogP contribution in [0.3, 0.4) is 0 Å². The second-order valence-corrected chi connectivity index (χ2v) is 7.41. The number of halogens is 2. The summed E-state index contributed by atoms with van der Waals surface area (Å²) < 4.78 is 7.73. The Labute approximate surface area is 137 Å². The minimum Gasteiger partial charge on any atom is -0.487 e. The Kier molecular flexibility index (Phi) is 5.90. The van der Waals surface area contributed by atoms with Crippen molar-refractivity contribution in [2.24, 2.45) is 0 Å². The second-order valence-electron chi connectivity index (χ2n) is 4.76. The summed E-state index contributed by atoms with van der Waals surface area (Å²) in [6, 6.07) is 10.4. The zero-order valence-electron chi connectivity index (χ0n) is 11.5. The van der Waals surface area contributed by atoms with Crippen LogP contribution >= 0.6 is 38.9 Å². The van der Waals surface area contributed by atoms with Crippen molar-refractivity contribution in [2.75, 3.05) is 0 Å². The average molecular weight is 375 g/mol. The van der Waals surface area contributed by atoms with Crippen molar-refractivity contribution >= 4 is 38.9 Å². The first-order valence-electron chi connectivity index (χ1n) is 6.44. The van der Waals surface area contributed by atoms with Gasteiger partial charge in [-0.25, -0.2) is 0 Å². The number of ether oxygens (including phenoxy) is 1. The molecule has 0 aliphatic heterocycles. The van der Waals surface area contributed by atoms with E-state index in [9.17, 15) is 0 Å². The van der Waals surface area contributed by atoms with Crippen LogP contribution in [-0.2, 0) is 13.2 Å². The van der Waals surface area contributed by atoms with E-state index in [-0.39, 0.29) is 0 Å². The highest BCUT2D eigenvalue weighted by Crippen LogP contribution is 2.31. The molecule has 2 nitrogen and oxygen atoms in total. The van der Waals surface area contributed by atoms with Crippen molar-refractivity contribution < 1.29 is 4.74 Å². The molecule has 2 aromatic rings. The molecule has 5 heteroatoms. The molecule has 20 heavy (non-hydrogen) atoms. The number of hydrogen-bond acceptors (Lipinski definition) is 3. The molecule has 0 amide bonds. The fraction of sp³-hybridized carbons (Fsp3) is 0.333. The van der Waals surface area contributed by atoms with Crippen molar-refractivity contribution in [1.29, 1.82) is 0 Å². The van der Waals surface area contributed by atoms with Gasteiger partial charge < -0.3 is 10.1 Å². The Morgan fingerprint density at radius 3 is 2.75 bits per heavy atom. The number of nitrogens with one attached hydrogen (secondary N) is 1. The maximum atomic E-state index is 5.96. The summed E-state index contributed by atoms with van der Waals surface area (Å²) in [6.45, 7) is 5.59. The zero-order valence-corrected chi connectivity index (χ0v) is 14.6. The molecule has 0 aliphatic rings. The van der Waals surface area contributed by atoms with Crippen LogP contribution in [0.15, 0.2) is 34.8 Å². The van der Waals surface area contributed by atoms with Crippen LogP contribution in [-0.4, -0.2) is 6.04 Å². The summed E-state index contributed by atoms with van der Waals surface area (Å²) in [7, 11) is 0. The second kappa shape index (κ2) is 7.46. The van der Waals surface area contributed by atoms with Gasteiger partial charge in [-0.15, -0.1) is 11.3 Å². The molecule has 108 valence electrons. The van der Waals surface area contributed by atoms with Crippen LogP contribution in [0.4, 0.5) is 0 Å². The molecule has 0 unspecified atom stereocenters. The minimum atomic E-state index is 0.443. The molecule has 2 rings (SSSR count). The molecule has 0 aliphatic carbocycles. The van der Waals surface area contributed by atoms with Crippen molar-refractivity contribution in [2.45, 2.75) is 33.0 Å². The van der Waals surface area contributed by atoms with E-state index in [0.29, 0.717) is 12.6 Å². The van der Waals surface area contributed by atoms with Gasteiger partial charge in [0.05, 0.1) is 8.81 Å². The summed E-state index contributed by atoms with van der Waals surface area (Å²) in [4.78, 5) is 1.12. The van der Waals surface area contributed by atoms with Crippen LogP contribution in [0.2, 0.25) is 4.34 Å². The van der Waals surface area contributed by atoms with E-state index in [1.165, 1.54) is 0 Å². The van der Waals surface area contributed by atoms with Crippen molar-refractivity contribution in [3.63, 3.8) is 0 Å². The standard InChI is InChI=1S/C15H17BrClNOS/c1-10(2)18-8-11-4-3-5-13(16)15(11)19-9-12-6-7-14(17)20-12/h3-7,10,18H,8-9H2,1-2H3. The van der Waals surface area contributed by atoms with Gasteiger partial charge in [-0.1, -0.05) is 37.6 Å². The van der Waals surface area contributed by atoms with E-state index >= 15 is 0 Å². The number of benzene rings is 1. The number of rotatable bonds is 6. The highest BCUT2D eigenvalue weighted by molar-refractivity contribution is 9.10. The van der Waals surface area contributed by atoms with Crippen LogP contribution in [0.25, 0.3) is 0 Å². The number of thiophene rings is 1.